The molecule has 2 rings (SSSR count). The Morgan fingerprint density at radius 3 is 2.50 bits per heavy atom. The Kier molecular flexibility index (Phi) is 6.75. The molecule has 8 heteroatoms. The van der Waals surface area contributed by atoms with E-state index in [4.69, 9.17) is 5.26 Å². The highest BCUT2D eigenvalue weighted by atomic mass is 32.2. The maximum absolute atomic E-state index is 12.2. The number of phenols is 1. The molecule has 2 N–H and O–H groups in total. The molecule has 1 fully saturated rings. The van der Waals surface area contributed by atoms with Gasteiger partial charge in [0.15, 0.2) is 9.84 Å². The van der Waals surface area contributed by atoms with Crippen molar-refractivity contribution in [3.8, 4) is 11.8 Å². The summed E-state index contributed by atoms with van der Waals surface area (Å²) in [5.41, 5.74) is 0.153. The SMILES string of the molecule is CC.CN1CC(C(=O)Nc2ccc(S(C)(=O)=O)cc2O)CC1C#N. The number of phenolic OH excluding ortho intramolecular Hbond substituents is 1. The van der Waals surface area contributed by atoms with Gasteiger partial charge < -0.3 is 10.4 Å². The predicted molar refractivity (Wildman–Crippen MR) is 91.3 cm³/mol. The molecule has 0 radical (unpaired) electrons. The first kappa shape index (κ1) is 19.9. The van der Waals surface area contributed by atoms with Crippen LogP contribution in [0.25, 0.3) is 0 Å². The average Bonchev–Trinajstić information content (AvgIpc) is 2.91. The Morgan fingerprint density at radius 1 is 1.42 bits per heavy atom. The molecule has 1 aromatic carbocycles. The zero-order chi connectivity index (χ0) is 18.5. The second kappa shape index (κ2) is 8.13. The van der Waals surface area contributed by atoms with Gasteiger partial charge in [0.25, 0.3) is 0 Å². The summed E-state index contributed by atoms with van der Waals surface area (Å²) in [6.07, 6.45) is 1.47. The lowest BCUT2D eigenvalue weighted by atomic mass is 10.1. The minimum atomic E-state index is -3.42. The number of aromatic hydroxyl groups is 1. The lowest BCUT2D eigenvalue weighted by Gasteiger charge is -2.12. The molecule has 24 heavy (non-hydrogen) atoms. The number of nitrogens with zero attached hydrogens (tertiary/aromatic N) is 2. The molecule has 1 aliphatic heterocycles. The monoisotopic (exact) mass is 353 g/mol. The third-order valence-electron chi connectivity index (χ3n) is 3.72. The van der Waals surface area contributed by atoms with E-state index in [1.807, 2.05) is 13.8 Å². The van der Waals surface area contributed by atoms with E-state index >= 15 is 0 Å². The quantitative estimate of drug-likeness (QED) is 0.799. The number of nitrogens with one attached hydrogen (secondary N) is 1. The van der Waals surface area contributed by atoms with E-state index in [0.29, 0.717) is 13.0 Å². The Balaban J connectivity index is 0.00000139. The minimum absolute atomic E-state index is 0.0202. The van der Waals surface area contributed by atoms with E-state index in [-0.39, 0.29) is 34.2 Å². The molecule has 7 nitrogen and oxygen atoms in total. The molecule has 2 unspecified atom stereocenters. The summed E-state index contributed by atoms with van der Waals surface area (Å²) >= 11 is 0. The van der Waals surface area contributed by atoms with Crippen LogP contribution < -0.4 is 5.32 Å². The standard InChI is InChI=1S/C14H17N3O4S.C2H6/c1-17-8-9(5-10(17)7-15)14(19)16-12-4-3-11(6-13(12)18)22(2,20)21;1-2/h3-4,6,9-10,18H,5,8H2,1-2H3,(H,16,19);1-2H3. The van der Waals surface area contributed by atoms with Crippen LogP contribution in [-0.4, -0.2) is 50.2 Å². The molecule has 0 aromatic heterocycles. The van der Waals surface area contributed by atoms with E-state index in [1.54, 1.807) is 11.9 Å². The van der Waals surface area contributed by atoms with Crippen LogP contribution in [0.2, 0.25) is 0 Å². The van der Waals surface area contributed by atoms with Gasteiger partial charge in [-0.15, -0.1) is 0 Å². The number of sulfone groups is 1. The normalized spacial score (nSPS) is 20.6. The number of rotatable bonds is 3. The van der Waals surface area contributed by atoms with Crippen LogP contribution >= 0.6 is 0 Å². The van der Waals surface area contributed by atoms with E-state index in [1.165, 1.54) is 12.1 Å². The minimum Gasteiger partial charge on any atom is -0.506 e. The molecule has 0 saturated carbocycles. The molecular formula is C16H23N3O4S. The average molecular weight is 353 g/mol. The first-order valence-corrected chi connectivity index (χ1v) is 9.55. The number of likely N-dealkylation sites (tertiary alicyclic amines) is 1. The summed E-state index contributed by atoms with van der Waals surface area (Å²) in [6, 6.07) is 5.61. The van der Waals surface area contributed by atoms with Crippen LogP contribution in [0.5, 0.6) is 5.75 Å². The number of anilines is 1. The summed E-state index contributed by atoms with van der Waals surface area (Å²) < 4.78 is 22.8. The molecule has 1 aromatic rings. The van der Waals surface area contributed by atoms with Crippen LogP contribution in [0, 0.1) is 17.2 Å². The summed E-state index contributed by atoms with van der Waals surface area (Å²) in [7, 11) is -1.64. The Morgan fingerprint density at radius 2 is 2.04 bits per heavy atom. The summed E-state index contributed by atoms with van der Waals surface area (Å²) in [4.78, 5) is 14.0. The first-order chi connectivity index (χ1) is 11.2. The number of carbonyl (C=O) groups is 1. The molecule has 0 bridgehead atoms. The third kappa shape index (κ3) is 4.69. The molecule has 1 aliphatic rings. The van der Waals surface area contributed by atoms with Crippen LogP contribution in [0.1, 0.15) is 20.3 Å². The van der Waals surface area contributed by atoms with Crippen molar-refractivity contribution in [1.29, 1.82) is 5.26 Å². The van der Waals surface area contributed by atoms with Gasteiger partial charge in [-0.25, -0.2) is 8.42 Å². The summed E-state index contributed by atoms with van der Waals surface area (Å²) in [5.74, 6) is -0.949. The molecule has 1 heterocycles. The van der Waals surface area contributed by atoms with Gasteiger partial charge in [-0.05, 0) is 25.6 Å². The Hall–Kier alpha value is -2.11. The largest absolute Gasteiger partial charge is 0.506 e. The number of hydrogen-bond acceptors (Lipinski definition) is 6. The predicted octanol–water partition coefficient (Wildman–Crippen LogP) is 1.60. The van der Waals surface area contributed by atoms with Crippen molar-refractivity contribution < 1.29 is 18.3 Å². The smallest absolute Gasteiger partial charge is 0.228 e. The third-order valence-corrected chi connectivity index (χ3v) is 4.83. The second-order valence-corrected chi connectivity index (χ2v) is 7.47. The van der Waals surface area contributed by atoms with Gasteiger partial charge in [0.2, 0.25) is 5.91 Å². The van der Waals surface area contributed by atoms with E-state index in [9.17, 15) is 18.3 Å². The fourth-order valence-electron chi connectivity index (χ4n) is 2.42. The Labute approximate surface area is 142 Å². The highest BCUT2D eigenvalue weighted by Gasteiger charge is 2.34. The van der Waals surface area contributed by atoms with Crippen molar-refractivity contribution >= 4 is 21.4 Å². The van der Waals surface area contributed by atoms with Gasteiger partial charge in [-0.2, -0.15) is 5.26 Å². The second-order valence-electron chi connectivity index (χ2n) is 5.46. The van der Waals surface area contributed by atoms with E-state index in [0.717, 1.165) is 12.3 Å². The van der Waals surface area contributed by atoms with Gasteiger partial charge >= 0.3 is 0 Å². The van der Waals surface area contributed by atoms with E-state index < -0.39 is 9.84 Å². The lowest BCUT2D eigenvalue weighted by molar-refractivity contribution is -0.119. The van der Waals surface area contributed by atoms with E-state index in [2.05, 4.69) is 11.4 Å². The van der Waals surface area contributed by atoms with Crippen molar-refractivity contribution in [2.24, 2.45) is 5.92 Å². The number of benzene rings is 1. The van der Waals surface area contributed by atoms with Crippen LogP contribution in [0.4, 0.5) is 5.69 Å². The van der Waals surface area contributed by atoms with Gasteiger partial charge in [-0.1, -0.05) is 13.8 Å². The zero-order valence-corrected chi connectivity index (χ0v) is 15.1. The maximum Gasteiger partial charge on any atom is 0.228 e. The summed E-state index contributed by atoms with van der Waals surface area (Å²) in [6.45, 7) is 4.46. The van der Waals surface area contributed by atoms with Crippen molar-refractivity contribution in [1.82, 2.24) is 4.90 Å². The van der Waals surface area contributed by atoms with Gasteiger partial charge in [0.05, 0.1) is 28.6 Å². The maximum atomic E-state index is 12.2. The highest BCUT2D eigenvalue weighted by molar-refractivity contribution is 7.90. The van der Waals surface area contributed by atoms with Crippen molar-refractivity contribution in [3.05, 3.63) is 18.2 Å². The van der Waals surface area contributed by atoms with Crippen molar-refractivity contribution in [2.45, 2.75) is 31.2 Å². The summed E-state index contributed by atoms with van der Waals surface area (Å²) in [5, 5.41) is 21.4. The fraction of sp³-hybridized carbons (Fsp3) is 0.500. The van der Waals surface area contributed by atoms with Crippen molar-refractivity contribution in [3.63, 3.8) is 0 Å². The van der Waals surface area contributed by atoms with Crippen LogP contribution in [-0.2, 0) is 14.6 Å². The van der Waals surface area contributed by atoms with Gasteiger partial charge in [0.1, 0.15) is 5.75 Å². The number of carbonyl (C=O) groups excluding carboxylic acids is 1. The molecular weight excluding hydrogens is 330 g/mol. The molecule has 132 valence electrons. The van der Waals surface area contributed by atoms with Crippen LogP contribution in [0.3, 0.4) is 0 Å². The first-order valence-electron chi connectivity index (χ1n) is 7.66. The molecule has 1 amide bonds. The van der Waals surface area contributed by atoms with Crippen molar-refractivity contribution in [2.75, 3.05) is 25.2 Å². The molecule has 1 saturated heterocycles. The Bertz CT molecular complexity index is 740. The van der Waals surface area contributed by atoms with Gasteiger partial charge in [0, 0.05) is 18.9 Å². The zero-order valence-electron chi connectivity index (χ0n) is 14.3. The highest BCUT2D eigenvalue weighted by Crippen LogP contribution is 2.28. The molecule has 2 atom stereocenters. The number of amides is 1. The van der Waals surface area contributed by atoms with Crippen LogP contribution in [0.15, 0.2) is 23.1 Å². The topological polar surface area (TPSA) is 110 Å². The lowest BCUT2D eigenvalue weighted by Crippen LogP contribution is -2.26. The number of hydrogen-bond donors (Lipinski definition) is 2. The fourth-order valence-corrected chi connectivity index (χ4v) is 3.06. The number of nitriles is 1. The molecule has 0 aliphatic carbocycles. The van der Waals surface area contributed by atoms with Gasteiger partial charge in [-0.3, -0.25) is 9.69 Å². The molecule has 0 spiro atoms.